The third kappa shape index (κ3) is 4.01. The topological polar surface area (TPSA) is 88.5 Å². The molecule has 0 radical (unpaired) electrons. The number of carbonyl (C=O) groups is 1. The molecule has 7 nitrogen and oxygen atoms in total. The first kappa shape index (κ1) is 19.9. The molecule has 156 valence electrons. The number of aromatic nitrogens is 2. The number of unbranched alkanes of at least 4 members (excludes halogenated alkanes) is 1. The fraction of sp³-hybridized carbons (Fsp3) is 0.591. The van der Waals surface area contributed by atoms with Gasteiger partial charge in [-0.3, -0.25) is 4.90 Å². The highest BCUT2D eigenvalue weighted by Crippen LogP contribution is 2.39. The second kappa shape index (κ2) is 8.53. The van der Waals surface area contributed by atoms with Gasteiger partial charge in [0.15, 0.2) is 0 Å². The fourth-order valence-corrected chi connectivity index (χ4v) is 4.95. The van der Waals surface area contributed by atoms with Crippen LogP contribution in [0.4, 0.5) is 10.5 Å². The molecular weight excluding hydrogens is 366 g/mol. The van der Waals surface area contributed by atoms with Gasteiger partial charge in [-0.15, -0.1) is 10.2 Å². The van der Waals surface area contributed by atoms with Crippen LogP contribution >= 0.6 is 0 Å². The summed E-state index contributed by atoms with van der Waals surface area (Å²) in [6.07, 6.45) is 8.36. The van der Waals surface area contributed by atoms with Crippen LogP contribution in [0.5, 0.6) is 0 Å². The number of hydrogen-bond acceptors (Lipinski definition) is 5. The van der Waals surface area contributed by atoms with E-state index in [0.29, 0.717) is 23.9 Å². The summed E-state index contributed by atoms with van der Waals surface area (Å²) in [5, 5.41) is 8.44. The average Bonchev–Trinajstić information content (AvgIpc) is 3.16. The third-order valence-electron chi connectivity index (χ3n) is 6.52. The predicted molar refractivity (Wildman–Crippen MR) is 113 cm³/mol. The maximum atomic E-state index is 12.6. The van der Waals surface area contributed by atoms with Gasteiger partial charge in [-0.2, -0.15) is 0 Å². The van der Waals surface area contributed by atoms with E-state index in [9.17, 15) is 4.79 Å². The lowest BCUT2D eigenvalue weighted by Gasteiger charge is -2.49. The van der Waals surface area contributed by atoms with Gasteiger partial charge in [0.1, 0.15) is 0 Å². The quantitative estimate of drug-likeness (QED) is 0.796. The Morgan fingerprint density at radius 1 is 1.24 bits per heavy atom. The van der Waals surface area contributed by atoms with Gasteiger partial charge >= 0.3 is 6.03 Å². The first-order valence-electron chi connectivity index (χ1n) is 10.8. The molecule has 0 aliphatic carbocycles. The van der Waals surface area contributed by atoms with Crippen LogP contribution in [0.1, 0.15) is 57.8 Å². The Labute approximate surface area is 172 Å². The van der Waals surface area contributed by atoms with Crippen LogP contribution in [0.25, 0.3) is 11.5 Å². The maximum absolute atomic E-state index is 12.6. The molecular formula is C22H31N5O2. The van der Waals surface area contributed by atoms with Gasteiger partial charge in [0.2, 0.25) is 11.8 Å². The first-order chi connectivity index (χ1) is 14.1. The summed E-state index contributed by atoms with van der Waals surface area (Å²) in [7, 11) is 2.21. The van der Waals surface area contributed by atoms with E-state index in [1.807, 2.05) is 24.3 Å². The molecule has 2 amide bonds. The standard InChI is InChI=1S/C22H31N5O2/c1-3-4-12-20-24-25-21(29-20)18-10-5-6-11-19(18)27(22(23)28)17-13-15-8-7-9-16(14-17)26(15)2/h5-6,10-11,15-17H,3-4,7-9,12-14H2,1-2H3,(H2,23,28). The van der Waals surface area contributed by atoms with E-state index < -0.39 is 6.03 Å². The van der Waals surface area contributed by atoms with E-state index in [2.05, 4.69) is 29.1 Å². The van der Waals surface area contributed by atoms with Crippen LogP contribution in [0.2, 0.25) is 0 Å². The first-order valence-corrected chi connectivity index (χ1v) is 10.8. The van der Waals surface area contributed by atoms with Crippen LogP contribution in [-0.4, -0.2) is 46.3 Å². The van der Waals surface area contributed by atoms with Gasteiger partial charge in [0, 0.05) is 24.5 Å². The molecule has 1 aromatic carbocycles. The Kier molecular flexibility index (Phi) is 5.85. The molecule has 0 saturated carbocycles. The van der Waals surface area contributed by atoms with Gasteiger partial charge in [0.05, 0.1) is 11.3 Å². The summed E-state index contributed by atoms with van der Waals surface area (Å²) in [6.45, 7) is 2.13. The highest BCUT2D eigenvalue weighted by Gasteiger charge is 2.40. The second-order valence-corrected chi connectivity index (χ2v) is 8.36. The Hall–Kier alpha value is -2.41. The van der Waals surface area contributed by atoms with Crippen molar-refractivity contribution in [2.24, 2.45) is 5.73 Å². The van der Waals surface area contributed by atoms with Crippen molar-refractivity contribution in [2.75, 3.05) is 11.9 Å². The zero-order chi connectivity index (χ0) is 20.4. The summed E-state index contributed by atoms with van der Waals surface area (Å²) < 4.78 is 5.91. The van der Waals surface area contributed by atoms with Crippen molar-refractivity contribution in [3.8, 4) is 11.5 Å². The van der Waals surface area contributed by atoms with Crippen LogP contribution in [0.15, 0.2) is 28.7 Å². The number of primary amides is 1. The molecule has 2 unspecified atom stereocenters. The SMILES string of the molecule is CCCCc1nnc(-c2ccccc2N(C(N)=O)C2CC3CCCC(C2)N3C)o1. The van der Waals surface area contributed by atoms with E-state index in [4.69, 9.17) is 10.2 Å². The van der Waals surface area contributed by atoms with E-state index >= 15 is 0 Å². The number of piperidine rings is 2. The molecule has 2 aromatic rings. The molecule has 2 N–H and O–H groups in total. The normalized spacial score (nSPS) is 24.4. The number of nitrogens with two attached hydrogens (primary N) is 1. The molecule has 2 aliphatic heterocycles. The Morgan fingerprint density at radius 3 is 2.66 bits per heavy atom. The van der Waals surface area contributed by atoms with Crippen LogP contribution in [-0.2, 0) is 6.42 Å². The molecule has 2 aliphatic rings. The third-order valence-corrected chi connectivity index (χ3v) is 6.52. The molecule has 0 spiro atoms. The number of aryl methyl sites for hydroxylation is 1. The fourth-order valence-electron chi connectivity index (χ4n) is 4.95. The van der Waals surface area contributed by atoms with Gasteiger partial charge in [-0.1, -0.05) is 31.9 Å². The smallest absolute Gasteiger partial charge is 0.319 e. The number of nitrogens with zero attached hydrogens (tertiary/aromatic N) is 4. The largest absolute Gasteiger partial charge is 0.421 e. The number of hydrogen-bond donors (Lipinski definition) is 1. The summed E-state index contributed by atoms with van der Waals surface area (Å²) in [5.74, 6) is 1.09. The number of para-hydroxylation sites is 1. The average molecular weight is 398 g/mol. The van der Waals surface area contributed by atoms with Crippen LogP contribution in [0, 0.1) is 0 Å². The second-order valence-electron chi connectivity index (χ2n) is 8.36. The number of urea groups is 1. The number of amides is 2. The molecule has 7 heteroatoms. The summed E-state index contributed by atoms with van der Waals surface area (Å²) >= 11 is 0. The molecule has 4 rings (SSSR count). The summed E-state index contributed by atoms with van der Waals surface area (Å²) in [5.41, 5.74) is 7.44. The van der Waals surface area contributed by atoms with Crippen LogP contribution < -0.4 is 10.6 Å². The van der Waals surface area contributed by atoms with Gasteiger partial charge in [0.25, 0.3) is 0 Å². The minimum Gasteiger partial charge on any atom is -0.421 e. The van der Waals surface area contributed by atoms with Crippen molar-refractivity contribution in [1.82, 2.24) is 15.1 Å². The zero-order valence-corrected chi connectivity index (χ0v) is 17.4. The van der Waals surface area contributed by atoms with E-state index in [-0.39, 0.29) is 6.04 Å². The van der Waals surface area contributed by atoms with Crippen molar-refractivity contribution < 1.29 is 9.21 Å². The monoisotopic (exact) mass is 397 g/mol. The van der Waals surface area contributed by atoms with E-state index in [1.165, 1.54) is 19.3 Å². The number of rotatable bonds is 6. The van der Waals surface area contributed by atoms with Crippen molar-refractivity contribution in [1.29, 1.82) is 0 Å². The van der Waals surface area contributed by atoms with Gasteiger partial charge < -0.3 is 15.1 Å². The molecule has 2 atom stereocenters. The minimum atomic E-state index is -0.421. The molecule has 2 bridgehead atoms. The number of fused-ring (bicyclic) bond motifs is 2. The Bertz CT molecular complexity index is 837. The number of anilines is 1. The van der Waals surface area contributed by atoms with Crippen molar-refractivity contribution in [3.63, 3.8) is 0 Å². The van der Waals surface area contributed by atoms with Crippen molar-refractivity contribution >= 4 is 11.7 Å². The van der Waals surface area contributed by atoms with Gasteiger partial charge in [-0.25, -0.2) is 4.79 Å². The molecule has 3 heterocycles. The lowest BCUT2D eigenvalue weighted by Crippen LogP contribution is -2.57. The summed E-state index contributed by atoms with van der Waals surface area (Å²) in [4.78, 5) is 16.9. The Balaban J connectivity index is 1.65. The maximum Gasteiger partial charge on any atom is 0.319 e. The highest BCUT2D eigenvalue weighted by molar-refractivity contribution is 5.95. The Morgan fingerprint density at radius 2 is 1.97 bits per heavy atom. The molecule has 2 fully saturated rings. The molecule has 1 aromatic heterocycles. The number of benzene rings is 1. The van der Waals surface area contributed by atoms with E-state index in [0.717, 1.165) is 43.4 Å². The summed E-state index contributed by atoms with van der Waals surface area (Å²) in [6, 6.07) is 8.40. The predicted octanol–water partition coefficient (Wildman–Crippen LogP) is 3.98. The lowest BCUT2D eigenvalue weighted by atomic mass is 9.81. The molecule has 2 saturated heterocycles. The van der Waals surface area contributed by atoms with Crippen molar-refractivity contribution in [3.05, 3.63) is 30.2 Å². The zero-order valence-electron chi connectivity index (χ0n) is 17.4. The van der Waals surface area contributed by atoms with E-state index in [1.54, 1.807) is 4.90 Å². The van der Waals surface area contributed by atoms with Crippen LogP contribution in [0.3, 0.4) is 0 Å². The van der Waals surface area contributed by atoms with Gasteiger partial charge in [-0.05, 0) is 51.3 Å². The highest BCUT2D eigenvalue weighted by atomic mass is 16.4. The number of carbonyl (C=O) groups excluding carboxylic acids is 1. The molecule has 29 heavy (non-hydrogen) atoms. The van der Waals surface area contributed by atoms with Crippen molar-refractivity contribution in [2.45, 2.75) is 76.4 Å². The lowest BCUT2D eigenvalue weighted by molar-refractivity contribution is 0.0564. The minimum absolute atomic E-state index is 0.0858.